The number of carbonyl (C=O) groups is 3. The van der Waals surface area contributed by atoms with Crippen LogP contribution in [-0.2, 0) is 21.7 Å². The summed E-state index contributed by atoms with van der Waals surface area (Å²) in [6.45, 7) is 4.85. The minimum atomic E-state index is -1.27. The number of hydrazine groups is 1. The number of nitrogens with one attached hydrogen (secondary N) is 2. The highest BCUT2D eigenvalue weighted by atomic mass is 16.5. The van der Waals surface area contributed by atoms with Gasteiger partial charge in [-0.05, 0) is 36.7 Å². The number of hydrogen-bond acceptors (Lipinski definition) is 5. The van der Waals surface area contributed by atoms with Crippen molar-refractivity contribution in [3.8, 4) is 5.75 Å². The highest BCUT2D eigenvalue weighted by molar-refractivity contribution is 6.08. The summed E-state index contributed by atoms with van der Waals surface area (Å²) in [5.41, 5.74) is 2.84. The number of amides is 4. The van der Waals surface area contributed by atoms with Crippen molar-refractivity contribution < 1.29 is 19.1 Å². The molecule has 2 N–H and O–H groups in total. The van der Waals surface area contributed by atoms with Crippen LogP contribution in [0.5, 0.6) is 5.75 Å². The number of imide groups is 1. The molecule has 1 fully saturated rings. The summed E-state index contributed by atoms with van der Waals surface area (Å²) in [6.07, 6.45) is 0. The molecule has 2 aromatic carbocycles. The fraction of sp³-hybridized carbons (Fsp3) is 0.318. The van der Waals surface area contributed by atoms with E-state index in [-0.39, 0.29) is 6.54 Å². The van der Waals surface area contributed by atoms with Gasteiger partial charge in [-0.3, -0.25) is 19.9 Å². The molecule has 0 aromatic heterocycles. The van der Waals surface area contributed by atoms with Crippen LogP contribution in [0.3, 0.4) is 0 Å². The fourth-order valence-corrected chi connectivity index (χ4v) is 3.34. The summed E-state index contributed by atoms with van der Waals surface area (Å²) in [5, 5.41) is 3.42. The third-order valence-corrected chi connectivity index (χ3v) is 5.16. The van der Waals surface area contributed by atoms with E-state index in [9.17, 15) is 14.4 Å². The number of carbonyl (C=O) groups excluding carboxylic acids is 3. The van der Waals surface area contributed by atoms with Crippen LogP contribution in [-0.4, -0.2) is 48.0 Å². The number of benzene rings is 2. The topological polar surface area (TPSA) is 91.0 Å². The van der Waals surface area contributed by atoms with E-state index in [2.05, 4.69) is 10.7 Å². The lowest BCUT2D eigenvalue weighted by Crippen LogP contribution is -2.50. The van der Waals surface area contributed by atoms with Crippen molar-refractivity contribution in [1.82, 2.24) is 20.7 Å². The standard InChI is InChI=1S/C22H26N4O4/c1-4-25(14-16-8-6-5-7-9-16)15-19(27)24-26-20(28)22(2,23-21(26)29)17-10-12-18(30-3)13-11-17/h5-13H,4,14-15H2,1-3H3,(H,23,29)(H,24,27). The monoisotopic (exact) mass is 410 g/mol. The lowest BCUT2D eigenvalue weighted by atomic mass is 9.92. The lowest BCUT2D eigenvalue weighted by molar-refractivity contribution is -0.139. The maximum absolute atomic E-state index is 13.0. The van der Waals surface area contributed by atoms with Crippen LogP contribution < -0.4 is 15.5 Å². The van der Waals surface area contributed by atoms with E-state index in [1.807, 2.05) is 42.2 Å². The summed E-state index contributed by atoms with van der Waals surface area (Å²) in [6, 6.07) is 16.0. The van der Waals surface area contributed by atoms with Gasteiger partial charge in [-0.25, -0.2) is 4.79 Å². The Kier molecular flexibility index (Phi) is 6.37. The molecular weight excluding hydrogens is 384 g/mol. The Balaban J connectivity index is 1.66. The zero-order valence-electron chi connectivity index (χ0n) is 17.3. The Labute approximate surface area is 175 Å². The molecule has 30 heavy (non-hydrogen) atoms. The van der Waals surface area contributed by atoms with Crippen LogP contribution in [0.4, 0.5) is 4.79 Å². The highest BCUT2D eigenvalue weighted by Gasteiger charge is 2.50. The molecule has 1 saturated heterocycles. The smallest absolute Gasteiger partial charge is 0.344 e. The van der Waals surface area contributed by atoms with Gasteiger partial charge < -0.3 is 10.1 Å². The molecule has 1 unspecified atom stereocenters. The molecule has 1 aliphatic heterocycles. The summed E-state index contributed by atoms with van der Waals surface area (Å²) in [5.74, 6) is -0.338. The summed E-state index contributed by atoms with van der Waals surface area (Å²) in [7, 11) is 1.55. The van der Waals surface area contributed by atoms with E-state index in [0.717, 1.165) is 10.6 Å². The Bertz CT molecular complexity index is 916. The minimum Gasteiger partial charge on any atom is -0.497 e. The molecule has 1 aliphatic rings. The predicted molar refractivity (Wildman–Crippen MR) is 111 cm³/mol. The Morgan fingerprint density at radius 1 is 1.13 bits per heavy atom. The van der Waals surface area contributed by atoms with Crippen molar-refractivity contribution in [3.05, 3.63) is 65.7 Å². The molecule has 8 nitrogen and oxygen atoms in total. The maximum Gasteiger partial charge on any atom is 0.344 e. The predicted octanol–water partition coefficient (Wildman–Crippen LogP) is 2.02. The van der Waals surface area contributed by atoms with Crippen LogP contribution in [0, 0.1) is 0 Å². The normalized spacial score (nSPS) is 18.5. The van der Waals surface area contributed by atoms with Crippen LogP contribution in [0.25, 0.3) is 0 Å². The van der Waals surface area contributed by atoms with Crippen molar-refractivity contribution in [3.63, 3.8) is 0 Å². The molecule has 3 rings (SSSR count). The maximum atomic E-state index is 13.0. The number of methoxy groups -OCH3 is 1. The Hall–Kier alpha value is -3.39. The van der Waals surface area contributed by atoms with Gasteiger partial charge >= 0.3 is 6.03 Å². The van der Waals surface area contributed by atoms with Crippen molar-refractivity contribution in [1.29, 1.82) is 0 Å². The largest absolute Gasteiger partial charge is 0.497 e. The molecular formula is C22H26N4O4. The van der Waals surface area contributed by atoms with E-state index in [0.29, 0.717) is 24.4 Å². The van der Waals surface area contributed by atoms with E-state index in [1.165, 1.54) is 0 Å². The number of hydrogen-bond donors (Lipinski definition) is 2. The number of rotatable bonds is 8. The third-order valence-electron chi connectivity index (χ3n) is 5.16. The van der Waals surface area contributed by atoms with Crippen molar-refractivity contribution in [2.75, 3.05) is 20.2 Å². The average molecular weight is 410 g/mol. The van der Waals surface area contributed by atoms with E-state index < -0.39 is 23.4 Å². The molecule has 0 radical (unpaired) electrons. The molecule has 0 spiro atoms. The van der Waals surface area contributed by atoms with Gasteiger partial charge in [0.25, 0.3) is 11.8 Å². The second kappa shape index (κ2) is 8.96. The third kappa shape index (κ3) is 4.44. The SMILES string of the molecule is CCN(CC(=O)NN1C(=O)NC(C)(c2ccc(OC)cc2)C1=O)Cc1ccccc1. The summed E-state index contributed by atoms with van der Waals surface area (Å²) >= 11 is 0. The molecule has 1 atom stereocenters. The molecule has 1 heterocycles. The van der Waals surface area contributed by atoms with Gasteiger partial charge in [0.05, 0.1) is 13.7 Å². The van der Waals surface area contributed by atoms with E-state index in [4.69, 9.17) is 4.74 Å². The van der Waals surface area contributed by atoms with E-state index in [1.54, 1.807) is 38.3 Å². The quantitative estimate of drug-likeness (QED) is 0.650. The molecule has 0 aliphatic carbocycles. The number of likely N-dealkylation sites (N-methyl/N-ethyl adjacent to an activating group) is 1. The summed E-state index contributed by atoms with van der Waals surface area (Å²) < 4.78 is 5.13. The van der Waals surface area contributed by atoms with Gasteiger partial charge in [-0.1, -0.05) is 49.4 Å². The zero-order valence-corrected chi connectivity index (χ0v) is 17.3. The first-order valence-electron chi connectivity index (χ1n) is 9.74. The van der Waals surface area contributed by atoms with Gasteiger partial charge in [-0.2, -0.15) is 5.01 Å². The zero-order chi connectivity index (χ0) is 21.7. The fourth-order valence-electron chi connectivity index (χ4n) is 3.34. The first kappa shape index (κ1) is 21.3. The Morgan fingerprint density at radius 2 is 1.80 bits per heavy atom. The van der Waals surface area contributed by atoms with Gasteiger partial charge in [0, 0.05) is 6.54 Å². The minimum absolute atomic E-state index is 0.0572. The highest BCUT2D eigenvalue weighted by Crippen LogP contribution is 2.29. The Morgan fingerprint density at radius 3 is 2.40 bits per heavy atom. The first-order chi connectivity index (χ1) is 14.4. The van der Waals surface area contributed by atoms with Crippen molar-refractivity contribution in [2.24, 2.45) is 0 Å². The summed E-state index contributed by atoms with van der Waals surface area (Å²) in [4.78, 5) is 39.8. The molecule has 0 saturated carbocycles. The van der Waals surface area contributed by atoms with Crippen LogP contribution in [0.2, 0.25) is 0 Å². The number of nitrogens with zero attached hydrogens (tertiary/aromatic N) is 2. The molecule has 8 heteroatoms. The van der Waals surface area contributed by atoms with Crippen LogP contribution >= 0.6 is 0 Å². The van der Waals surface area contributed by atoms with Gasteiger partial charge in [-0.15, -0.1) is 0 Å². The van der Waals surface area contributed by atoms with Crippen LogP contribution in [0.15, 0.2) is 54.6 Å². The molecule has 2 aromatic rings. The van der Waals surface area contributed by atoms with Crippen molar-refractivity contribution in [2.45, 2.75) is 25.9 Å². The molecule has 0 bridgehead atoms. The first-order valence-corrected chi connectivity index (χ1v) is 9.74. The number of ether oxygens (including phenoxy) is 1. The van der Waals surface area contributed by atoms with Gasteiger partial charge in [0.2, 0.25) is 0 Å². The second-order valence-corrected chi connectivity index (χ2v) is 7.25. The number of urea groups is 1. The average Bonchev–Trinajstić information content (AvgIpc) is 2.98. The lowest BCUT2D eigenvalue weighted by Gasteiger charge is -2.23. The molecule has 158 valence electrons. The van der Waals surface area contributed by atoms with Crippen molar-refractivity contribution >= 4 is 17.8 Å². The van der Waals surface area contributed by atoms with Gasteiger partial charge in [0.15, 0.2) is 0 Å². The van der Waals surface area contributed by atoms with E-state index >= 15 is 0 Å². The van der Waals surface area contributed by atoms with Crippen LogP contribution in [0.1, 0.15) is 25.0 Å². The van der Waals surface area contributed by atoms with Gasteiger partial charge in [0.1, 0.15) is 11.3 Å². The molecule has 4 amide bonds. The second-order valence-electron chi connectivity index (χ2n) is 7.25.